The Morgan fingerprint density at radius 2 is 0.545 bits per heavy atom. The number of ether oxygens (including phenoxy) is 4. The largest absolute Gasteiger partial charge is 0.472 e. The summed E-state index contributed by atoms with van der Waals surface area (Å²) in [7, 11) is -9.89. The van der Waals surface area contributed by atoms with Crippen LogP contribution in [-0.2, 0) is 65.4 Å². The van der Waals surface area contributed by atoms with Crippen LogP contribution in [0, 0.1) is 5.92 Å². The number of esters is 4. The van der Waals surface area contributed by atoms with Gasteiger partial charge in [0.15, 0.2) is 12.2 Å². The smallest absolute Gasteiger partial charge is 0.462 e. The van der Waals surface area contributed by atoms with Gasteiger partial charge in [-0.1, -0.05) is 304 Å². The molecule has 0 radical (unpaired) electrons. The van der Waals surface area contributed by atoms with Gasteiger partial charge in [0.1, 0.15) is 19.3 Å². The third kappa shape index (κ3) is 61.6. The Morgan fingerprint density at radius 3 is 0.807 bits per heavy atom. The molecule has 0 aromatic rings. The van der Waals surface area contributed by atoms with Gasteiger partial charge >= 0.3 is 39.5 Å². The number of phosphoric acid groups is 2. The molecule has 0 saturated carbocycles. The van der Waals surface area contributed by atoms with Crippen LogP contribution in [0.3, 0.4) is 0 Å². The fraction of sp³-hybridized carbons (Fsp3) is 0.942. The van der Waals surface area contributed by atoms with Crippen molar-refractivity contribution in [2.75, 3.05) is 39.6 Å². The van der Waals surface area contributed by atoms with E-state index in [0.717, 1.165) is 102 Å². The molecule has 0 heterocycles. The van der Waals surface area contributed by atoms with Gasteiger partial charge < -0.3 is 33.8 Å². The Balaban J connectivity index is 5.15. The van der Waals surface area contributed by atoms with Crippen LogP contribution in [0.15, 0.2) is 0 Å². The summed E-state index contributed by atoms with van der Waals surface area (Å²) in [5.74, 6) is -1.42. The van der Waals surface area contributed by atoms with E-state index in [0.29, 0.717) is 25.7 Å². The maximum Gasteiger partial charge on any atom is 0.472 e. The average molecular weight is 1300 g/mol. The van der Waals surface area contributed by atoms with Gasteiger partial charge in [0.05, 0.1) is 26.4 Å². The zero-order valence-corrected chi connectivity index (χ0v) is 58.6. The summed E-state index contributed by atoms with van der Waals surface area (Å²) in [5.41, 5.74) is 0. The molecular weight excluding hydrogens is 1160 g/mol. The first kappa shape index (κ1) is 86.1. The number of rotatable bonds is 69. The highest BCUT2D eigenvalue weighted by molar-refractivity contribution is 7.47. The van der Waals surface area contributed by atoms with E-state index in [1.807, 2.05) is 0 Å². The van der Waals surface area contributed by atoms with Crippen LogP contribution in [0.5, 0.6) is 0 Å². The maximum absolute atomic E-state index is 13.0. The van der Waals surface area contributed by atoms with E-state index >= 15 is 0 Å². The molecule has 19 heteroatoms. The number of carbonyl (C=O) groups is 4. The van der Waals surface area contributed by atoms with Crippen LogP contribution in [0.25, 0.3) is 0 Å². The first-order chi connectivity index (χ1) is 42.6. The third-order valence-corrected chi connectivity index (χ3v) is 18.3. The van der Waals surface area contributed by atoms with Gasteiger partial charge in [0, 0.05) is 25.7 Å². The third-order valence-electron chi connectivity index (χ3n) is 16.4. The summed E-state index contributed by atoms with van der Waals surface area (Å²) in [5, 5.41) is 10.5. The summed E-state index contributed by atoms with van der Waals surface area (Å²) in [6, 6.07) is 0. The van der Waals surface area contributed by atoms with Crippen LogP contribution in [0.1, 0.15) is 356 Å². The zero-order valence-electron chi connectivity index (χ0n) is 56.9. The Hall–Kier alpha value is -1.94. The van der Waals surface area contributed by atoms with Crippen molar-refractivity contribution >= 4 is 39.5 Å². The van der Waals surface area contributed by atoms with E-state index in [4.69, 9.17) is 37.0 Å². The summed E-state index contributed by atoms with van der Waals surface area (Å²) in [4.78, 5) is 72.2. The minimum Gasteiger partial charge on any atom is -0.462 e. The van der Waals surface area contributed by atoms with Gasteiger partial charge in [-0.2, -0.15) is 0 Å². The van der Waals surface area contributed by atoms with Gasteiger partial charge in [-0.3, -0.25) is 37.3 Å². The molecule has 0 saturated heterocycles. The van der Waals surface area contributed by atoms with Crippen molar-refractivity contribution in [2.24, 2.45) is 5.92 Å². The number of phosphoric ester groups is 2. The van der Waals surface area contributed by atoms with Crippen molar-refractivity contribution in [3.8, 4) is 0 Å². The lowest BCUT2D eigenvalue weighted by atomic mass is 10.00. The predicted octanol–water partition coefficient (Wildman–Crippen LogP) is 19.7. The minimum absolute atomic E-state index is 0.102. The van der Waals surface area contributed by atoms with Crippen LogP contribution < -0.4 is 0 Å². The highest BCUT2D eigenvalue weighted by atomic mass is 31.2. The number of hydrogen-bond acceptors (Lipinski definition) is 15. The molecule has 0 aliphatic rings. The standard InChI is InChI=1S/C69H134O17P2/c1-6-10-13-16-18-20-22-24-26-28-30-32-34-36-38-44-49-54-68(73)85-65(59-80-67(72)53-48-43-37-35-33-31-29-27-25-23-21-19-17-14-11-7-2)61-84-88(77,78)82-57-63(70)56-81-87(75,76)83-60-64(58-79-66(71)52-47-41-15-12-8-3)86-69(74)55-50-45-40-39-42-46-51-62(5)9-4/h62-65,70H,6-61H2,1-5H3,(H,75,76)(H,77,78)/t62?,63-,64+,65+/m0/s1. The van der Waals surface area contributed by atoms with Gasteiger partial charge in [-0.25, -0.2) is 9.13 Å². The predicted molar refractivity (Wildman–Crippen MR) is 354 cm³/mol. The average Bonchev–Trinajstić information content (AvgIpc) is 3.63. The van der Waals surface area contributed by atoms with E-state index in [1.165, 1.54) is 173 Å². The first-order valence-electron chi connectivity index (χ1n) is 36.2. The summed E-state index contributed by atoms with van der Waals surface area (Å²) in [6.07, 6.45) is 49.1. The van der Waals surface area contributed by atoms with Crippen molar-refractivity contribution in [1.29, 1.82) is 0 Å². The fourth-order valence-electron chi connectivity index (χ4n) is 10.4. The summed E-state index contributed by atoms with van der Waals surface area (Å²) >= 11 is 0. The van der Waals surface area contributed by atoms with Gasteiger partial charge in [0.2, 0.25) is 0 Å². The van der Waals surface area contributed by atoms with Crippen LogP contribution in [0.4, 0.5) is 0 Å². The molecule has 88 heavy (non-hydrogen) atoms. The SMILES string of the molecule is CCCCCCCCCCCCCCCCCCCC(=O)O[C@H](COC(=O)CCCCCCCCCCCCCCCCCC)COP(=O)(O)OC[C@@H](O)COP(=O)(O)OC[C@@H](COC(=O)CCCCCCC)OC(=O)CCCCCCCCC(C)CC. The number of carbonyl (C=O) groups excluding carboxylic acids is 4. The van der Waals surface area contributed by atoms with Crippen LogP contribution >= 0.6 is 15.6 Å². The fourth-order valence-corrected chi connectivity index (χ4v) is 12.0. The molecule has 0 aliphatic heterocycles. The monoisotopic (exact) mass is 1300 g/mol. The number of aliphatic hydroxyl groups excluding tert-OH is 1. The number of aliphatic hydroxyl groups is 1. The summed E-state index contributed by atoms with van der Waals surface area (Å²) in [6.45, 7) is 7.10. The molecule has 17 nitrogen and oxygen atoms in total. The highest BCUT2D eigenvalue weighted by Gasteiger charge is 2.30. The molecule has 6 atom stereocenters. The molecule has 3 N–H and O–H groups in total. The van der Waals surface area contributed by atoms with E-state index < -0.39 is 97.5 Å². The Bertz CT molecular complexity index is 1710. The topological polar surface area (TPSA) is 237 Å². The molecule has 0 aromatic heterocycles. The molecule has 0 aromatic carbocycles. The molecule has 0 rings (SSSR count). The summed E-state index contributed by atoms with van der Waals surface area (Å²) < 4.78 is 68.0. The van der Waals surface area contributed by atoms with Gasteiger partial charge in [-0.05, 0) is 31.6 Å². The van der Waals surface area contributed by atoms with E-state index in [2.05, 4.69) is 34.6 Å². The minimum atomic E-state index is -4.95. The lowest BCUT2D eigenvalue weighted by molar-refractivity contribution is -0.161. The Kier molecular flexibility index (Phi) is 61.1. The Labute approximate surface area is 537 Å². The second-order valence-corrected chi connectivity index (χ2v) is 28.1. The van der Waals surface area contributed by atoms with Crippen molar-refractivity contribution in [1.82, 2.24) is 0 Å². The van der Waals surface area contributed by atoms with Crippen LogP contribution in [-0.4, -0.2) is 96.7 Å². The lowest BCUT2D eigenvalue weighted by Gasteiger charge is -2.21. The molecule has 522 valence electrons. The van der Waals surface area contributed by atoms with E-state index in [9.17, 15) is 43.2 Å². The molecule has 0 bridgehead atoms. The molecule has 3 unspecified atom stereocenters. The van der Waals surface area contributed by atoms with Gasteiger partial charge in [-0.15, -0.1) is 0 Å². The second kappa shape index (κ2) is 62.5. The quantitative estimate of drug-likeness (QED) is 0.0222. The van der Waals surface area contributed by atoms with Crippen LogP contribution in [0.2, 0.25) is 0 Å². The van der Waals surface area contributed by atoms with Crippen molar-refractivity contribution in [2.45, 2.75) is 374 Å². The second-order valence-electron chi connectivity index (χ2n) is 25.2. The normalized spacial score (nSPS) is 14.4. The van der Waals surface area contributed by atoms with Crippen molar-refractivity contribution in [3.63, 3.8) is 0 Å². The van der Waals surface area contributed by atoms with Gasteiger partial charge in [0.25, 0.3) is 0 Å². The molecule has 0 fully saturated rings. The molecule has 0 amide bonds. The molecular formula is C69H134O17P2. The van der Waals surface area contributed by atoms with Crippen molar-refractivity contribution in [3.05, 3.63) is 0 Å². The maximum atomic E-state index is 13.0. The number of hydrogen-bond donors (Lipinski definition) is 3. The van der Waals surface area contributed by atoms with E-state index in [-0.39, 0.29) is 25.7 Å². The highest BCUT2D eigenvalue weighted by Crippen LogP contribution is 2.45. The first-order valence-corrected chi connectivity index (χ1v) is 39.2. The van der Waals surface area contributed by atoms with Crippen molar-refractivity contribution < 1.29 is 80.2 Å². The Morgan fingerprint density at radius 1 is 0.318 bits per heavy atom. The zero-order chi connectivity index (χ0) is 64.9. The number of unbranched alkanes of at least 4 members (excludes halogenated alkanes) is 40. The van der Waals surface area contributed by atoms with E-state index in [1.54, 1.807) is 0 Å². The lowest BCUT2D eigenvalue weighted by Crippen LogP contribution is -2.30. The molecule has 0 aliphatic carbocycles. The molecule has 0 spiro atoms.